The van der Waals surface area contributed by atoms with Gasteiger partial charge in [0.05, 0.1) is 0 Å². The summed E-state index contributed by atoms with van der Waals surface area (Å²) >= 11 is 0. The van der Waals surface area contributed by atoms with Crippen molar-refractivity contribution in [2.45, 2.75) is 51.0 Å². The maximum atomic E-state index is 6.09. The SMILES string of the molecule is CC1(c2ccc3c(c2)CN(c2ccccc2)CO3)CC2C3CCC(C3)C2C1. The van der Waals surface area contributed by atoms with Crippen molar-refractivity contribution in [1.82, 2.24) is 0 Å². The minimum absolute atomic E-state index is 0.362. The van der Waals surface area contributed by atoms with Gasteiger partial charge < -0.3 is 9.64 Å². The molecule has 2 aromatic carbocycles. The van der Waals surface area contributed by atoms with Gasteiger partial charge in [-0.05, 0) is 91.0 Å². The highest BCUT2D eigenvalue weighted by atomic mass is 16.5. The van der Waals surface area contributed by atoms with Crippen LogP contribution in [0.3, 0.4) is 0 Å². The molecular formula is C25H29NO. The molecule has 2 aromatic rings. The third-order valence-electron chi connectivity index (χ3n) is 8.26. The van der Waals surface area contributed by atoms with Crippen molar-refractivity contribution in [2.24, 2.45) is 23.7 Å². The Morgan fingerprint density at radius 3 is 2.44 bits per heavy atom. The van der Waals surface area contributed by atoms with Gasteiger partial charge in [-0.2, -0.15) is 0 Å². The molecule has 6 rings (SSSR count). The van der Waals surface area contributed by atoms with E-state index in [4.69, 9.17) is 4.74 Å². The number of nitrogens with zero attached hydrogens (tertiary/aromatic N) is 1. The minimum Gasteiger partial charge on any atom is -0.473 e. The van der Waals surface area contributed by atoms with Crippen LogP contribution in [0, 0.1) is 23.7 Å². The lowest BCUT2D eigenvalue weighted by Gasteiger charge is -2.33. The Balaban J connectivity index is 1.28. The molecule has 3 saturated carbocycles. The molecule has 140 valence electrons. The van der Waals surface area contributed by atoms with Crippen LogP contribution in [0.4, 0.5) is 5.69 Å². The molecule has 1 aliphatic heterocycles. The summed E-state index contributed by atoms with van der Waals surface area (Å²) in [6.45, 7) is 4.12. The van der Waals surface area contributed by atoms with Crippen LogP contribution in [0.5, 0.6) is 5.75 Å². The fourth-order valence-corrected chi connectivity index (χ4v) is 6.95. The van der Waals surface area contributed by atoms with E-state index in [0.717, 1.165) is 36.0 Å². The molecule has 0 spiro atoms. The van der Waals surface area contributed by atoms with Crippen molar-refractivity contribution >= 4 is 5.69 Å². The van der Waals surface area contributed by atoms with Crippen molar-refractivity contribution in [2.75, 3.05) is 11.6 Å². The third kappa shape index (κ3) is 2.45. The predicted octanol–water partition coefficient (Wildman–Crippen LogP) is 5.76. The van der Waals surface area contributed by atoms with Crippen LogP contribution in [0.1, 0.15) is 50.2 Å². The van der Waals surface area contributed by atoms with Crippen LogP contribution in [0.15, 0.2) is 48.5 Å². The highest BCUT2D eigenvalue weighted by Gasteiger charge is 2.55. The zero-order chi connectivity index (χ0) is 18.0. The molecule has 0 radical (unpaired) electrons. The van der Waals surface area contributed by atoms with Gasteiger partial charge in [0, 0.05) is 17.8 Å². The monoisotopic (exact) mass is 359 g/mol. The largest absolute Gasteiger partial charge is 0.473 e. The first-order valence-electron chi connectivity index (χ1n) is 10.8. The molecule has 1 heterocycles. The van der Waals surface area contributed by atoms with Crippen molar-refractivity contribution < 1.29 is 4.74 Å². The molecule has 3 fully saturated rings. The lowest BCUT2D eigenvalue weighted by Crippen LogP contribution is -2.32. The van der Waals surface area contributed by atoms with Crippen LogP contribution in [0.2, 0.25) is 0 Å². The highest BCUT2D eigenvalue weighted by Crippen LogP contribution is 2.63. The summed E-state index contributed by atoms with van der Waals surface area (Å²) in [6.07, 6.45) is 7.36. The number of hydrogen-bond acceptors (Lipinski definition) is 2. The van der Waals surface area contributed by atoms with Crippen LogP contribution in [0.25, 0.3) is 0 Å². The highest BCUT2D eigenvalue weighted by molar-refractivity contribution is 5.51. The van der Waals surface area contributed by atoms with Gasteiger partial charge in [-0.3, -0.25) is 0 Å². The average Bonchev–Trinajstić information content (AvgIpc) is 3.40. The van der Waals surface area contributed by atoms with E-state index in [1.807, 2.05) is 0 Å². The Labute approximate surface area is 162 Å². The second-order valence-corrected chi connectivity index (χ2v) is 9.76. The zero-order valence-electron chi connectivity index (χ0n) is 16.2. The number of hydrogen-bond donors (Lipinski definition) is 0. The van der Waals surface area contributed by atoms with E-state index in [0.29, 0.717) is 12.1 Å². The molecule has 4 unspecified atom stereocenters. The molecule has 2 nitrogen and oxygen atoms in total. The van der Waals surface area contributed by atoms with Crippen LogP contribution in [-0.4, -0.2) is 6.73 Å². The molecule has 4 atom stereocenters. The van der Waals surface area contributed by atoms with Crippen LogP contribution in [-0.2, 0) is 12.0 Å². The number of para-hydroxylation sites is 1. The topological polar surface area (TPSA) is 12.5 Å². The quantitative estimate of drug-likeness (QED) is 0.676. The number of rotatable bonds is 2. The Bertz CT molecular complexity index is 842. The lowest BCUT2D eigenvalue weighted by molar-refractivity contribution is 0.259. The fraction of sp³-hybridized carbons (Fsp3) is 0.520. The molecule has 27 heavy (non-hydrogen) atoms. The molecule has 0 N–H and O–H groups in total. The second kappa shape index (κ2) is 5.77. The van der Waals surface area contributed by atoms with E-state index < -0.39 is 0 Å². The maximum Gasteiger partial charge on any atom is 0.161 e. The van der Waals surface area contributed by atoms with E-state index in [9.17, 15) is 0 Å². The van der Waals surface area contributed by atoms with Crippen molar-refractivity contribution in [3.8, 4) is 5.75 Å². The first kappa shape index (κ1) is 16.0. The third-order valence-corrected chi connectivity index (χ3v) is 8.26. The van der Waals surface area contributed by atoms with E-state index in [1.54, 1.807) is 5.56 Å². The average molecular weight is 360 g/mol. The summed E-state index contributed by atoms with van der Waals surface area (Å²) in [5.74, 6) is 5.16. The Kier molecular flexibility index (Phi) is 3.43. The van der Waals surface area contributed by atoms with Gasteiger partial charge in [0.1, 0.15) is 5.75 Å². The lowest BCUT2D eigenvalue weighted by atomic mass is 9.77. The van der Waals surface area contributed by atoms with Gasteiger partial charge >= 0.3 is 0 Å². The van der Waals surface area contributed by atoms with Crippen molar-refractivity contribution in [3.05, 3.63) is 59.7 Å². The summed E-state index contributed by atoms with van der Waals surface area (Å²) in [5, 5.41) is 0. The van der Waals surface area contributed by atoms with Crippen LogP contribution >= 0.6 is 0 Å². The van der Waals surface area contributed by atoms with Crippen LogP contribution < -0.4 is 9.64 Å². The first-order chi connectivity index (χ1) is 13.2. The number of ether oxygens (including phenoxy) is 1. The molecule has 4 aliphatic rings. The molecule has 0 amide bonds. The summed E-state index contributed by atoms with van der Waals surface area (Å²) in [6, 6.07) is 17.7. The molecule has 0 aromatic heterocycles. The minimum atomic E-state index is 0.362. The van der Waals surface area contributed by atoms with Gasteiger partial charge in [0.25, 0.3) is 0 Å². The molecular weight excluding hydrogens is 330 g/mol. The predicted molar refractivity (Wildman–Crippen MR) is 109 cm³/mol. The van der Waals surface area contributed by atoms with Gasteiger partial charge in [0.15, 0.2) is 6.73 Å². The first-order valence-corrected chi connectivity index (χ1v) is 10.8. The number of anilines is 1. The summed E-state index contributed by atoms with van der Waals surface area (Å²) < 4.78 is 6.09. The fourth-order valence-electron chi connectivity index (χ4n) is 6.95. The summed E-state index contributed by atoms with van der Waals surface area (Å²) in [7, 11) is 0. The normalized spacial score (nSPS) is 36.4. The van der Waals surface area contributed by atoms with Gasteiger partial charge in [-0.25, -0.2) is 0 Å². The molecule has 2 heteroatoms. The summed E-state index contributed by atoms with van der Waals surface area (Å²) in [4.78, 5) is 2.33. The molecule has 2 bridgehead atoms. The smallest absolute Gasteiger partial charge is 0.161 e. The van der Waals surface area contributed by atoms with Crippen molar-refractivity contribution in [3.63, 3.8) is 0 Å². The Morgan fingerprint density at radius 2 is 1.70 bits per heavy atom. The number of fused-ring (bicyclic) bond motifs is 6. The molecule has 0 saturated heterocycles. The Morgan fingerprint density at radius 1 is 0.963 bits per heavy atom. The molecule has 3 aliphatic carbocycles. The Hall–Kier alpha value is -1.96. The van der Waals surface area contributed by atoms with Gasteiger partial charge in [-0.15, -0.1) is 0 Å². The number of benzene rings is 2. The van der Waals surface area contributed by atoms with E-state index in [2.05, 4.69) is 60.4 Å². The maximum absolute atomic E-state index is 6.09. The van der Waals surface area contributed by atoms with E-state index in [-0.39, 0.29) is 0 Å². The standard InChI is InChI=1S/C25H29NO/c1-25(13-22-17-7-8-18(11-17)23(22)14-25)20-9-10-24-19(12-20)15-26(16-27-24)21-5-3-2-4-6-21/h2-6,9-10,12,17-18,22-23H,7-8,11,13-16H2,1H3. The van der Waals surface area contributed by atoms with E-state index in [1.165, 1.54) is 43.4 Å². The summed E-state index contributed by atoms with van der Waals surface area (Å²) in [5.41, 5.74) is 4.50. The zero-order valence-corrected chi connectivity index (χ0v) is 16.2. The van der Waals surface area contributed by atoms with Crippen molar-refractivity contribution in [1.29, 1.82) is 0 Å². The van der Waals surface area contributed by atoms with Gasteiger partial charge in [0.2, 0.25) is 0 Å². The second-order valence-electron chi connectivity index (χ2n) is 9.76. The van der Waals surface area contributed by atoms with E-state index >= 15 is 0 Å². The van der Waals surface area contributed by atoms with Gasteiger partial charge in [-0.1, -0.05) is 31.2 Å².